The second-order valence-electron chi connectivity index (χ2n) is 4.76. The largest absolute Gasteiger partial charge is 0.494 e. The summed E-state index contributed by atoms with van der Waals surface area (Å²) in [4.78, 5) is 16.1. The minimum atomic E-state index is -0.922. The lowest BCUT2D eigenvalue weighted by Gasteiger charge is -2.15. The normalized spacial score (nSPS) is 11.0. The average molecular weight is 316 g/mol. The van der Waals surface area contributed by atoms with Gasteiger partial charge in [0.1, 0.15) is 5.75 Å². The first-order valence-electron chi connectivity index (χ1n) is 6.04. The molecule has 1 aromatic carbocycles. The van der Waals surface area contributed by atoms with Crippen LogP contribution in [0.25, 0.3) is 10.2 Å². The number of rotatable bonds is 4. The molecule has 0 saturated heterocycles. The van der Waals surface area contributed by atoms with Crippen molar-refractivity contribution in [1.82, 2.24) is 4.98 Å². The summed E-state index contributed by atoms with van der Waals surface area (Å²) in [6.45, 7) is 5.87. The van der Waals surface area contributed by atoms with Gasteiger partial charge in [-0.2, -0.15) is 0 Å². The number of nitrogens with two attached hydrogens (primary N) is 1. The lowest BCUT2D eigenvalue weighted by atomic mass is 10.1. The number of amides is 1. The third-order valence-electron chi connectivity index (χ3n) is 2.48. The van der Waals surface area contributed by atoms with Gasteiger partial charge in [-0.05, 0) is 39.0 Å². The smallest absolute Gasteiger partial charge is 0.245 e. The molecule has 0 spiro atoms. The topological polar surface area (TPSA) is 77.2 Å². The Bertz CT molecular complexity index is 607. The molecule has 0 unspecified atom stereocenters. The summed E-state index contributed by atoms with van der Waals surface area (Å²) >= 11 is 1.40. The fourth-order valence-electron chi connectivity index (χ4n) is 1.47. The maximum absolute atomic E-state index is 11.8. The Labute approximate surface area is 127 Å². The van der Waals surface area contributed by atoms with Crippen LogP contribution in [0.1, 0.15) is 20.8 Å². The van der Waals surface area contributed by atoms with Gasteiger partial charge in [0, 0.05) is 0 Å². The Hall–Kier alpha value is -1.37. The first-order valence-corrected chi connectivity index (χ1v) is 6.85. The Morgan fingerprint density at radius 2 is 2.20 bits per heavy atom. The number of benzene rings is 1. The molecule has 7 heteroatoms. The summed E-state index contributed by atoms with van der Waals surface area (Å²) in [5.74, 6) is 0.548. The zero-order valence-electron chi connectivity index (χ0n) is 11.6. The summed E-state index contributed by atoms with van der Waals surface area (Å²) in [6, 6.07) is 5.66. The van der Waals surface area contributed by atoms with Crippen molar-refractivity contribution in [2.75, 3.05) is 11.9 Å². The Balaban J connectivity index is 0.00000200. The van der Waals surface area contributed by atoms with E-state index in [0.717, 1.165) is 16.0 Å². The number of halogens is 1. The Kier molecular flexibility index (Phi) is 5.33. The number of hydrogen-bond donors (Lipinski definition) is 2. The van der Waals surface area contributed by atoms with Crippen LogP contribution in [-0.4, -0.2) is 23.0 Å². The van der Waals surface area contributed by atoms with Crippen LogP contribution >= 0.6 is 23.7 Å². The Morgan fingerprint density at radius 1 is 1.50 bits per heavy atom. The molecular weight excluding hydrogens is 298 g/mol. The van der Waals surface area contributed by atoms with E-state index in [-0.39, 0.29) is 18.3 Å². The zero-order valence-corrected chi connectivity index (χ0v) is 13.2. The van der Waals surface area contributed by atoms with Crippen molar-refractivity contribution in [2.45, 2.75) is 26.3 Å². The van der Waals surface area contributed by atoms with Crippen molar-refractivity contribution >= 4 is 45.0 Å². The SMILES string of the molecule is CCOc1ccc2nc(NC(=O)C(C)(C)N)sc2c1.Cl. The molecule has 20 heavy (non-hydrogen) atoms. The average Bonchev–Trinajstić information content (AvgIpc) is 2.69. The number of nitrogens with zero attached hydrogens (tertiary/aromatic N) is 1. The first-order chi connectivity index (χ1) is 8.90. The quantitative estimate of drug-likeness (QED) is 0.909. The lowest BCUT2D eigenvalue weighted by molar-refractivity contribution is -0.120. The van der Waals surface area contributed by atoms with Gasteiger partial charge in [-0.3, -0.25) is 4.79 Å². The summed E-state index contributed by atoms with van der Waals surface area (Å²) < 4.78 is 6.40. The van der Waals surface area contributed by atoms with E-state index >= 15 is 0 Å². The fraction of sp³-hybridized carbons (Fsp3) is 0.385. The van der Waals surface area contributed by atoms with Crippen LogP contribution in [0.15, 0.2) is 18.2 Å². The van der Waals surface area contributed by atoms with Gasteiger partial charge in [0.15, 0.2) is 5.13 Å². The molecule has 0 bridgehead atoms. The number of carbonyl (C=O) groups excluding carboxylic acids is 1. The molecule has 3 N–H and O–H groups in total. The van der Waals surface area contributed by atoms with Crippen molar-refractivity contribution in [3.8, 4) is 5.75 Å². The molecule has 0 fully saturated rings. The highest BCUT2D eigenvalue weighted by atomic mass is 35.5. The van der Waals surface area contributed by atoms with Crippen molar-refractivity contribution in [3.63, 3.8) is 0 Å². The predicted molar refractivity (Wildman–Crippen MR) is 84.9 cm³/mol. The van der Waals surface area contributed by atoms with Crippen LogP contribution in [0.3, 0.4) is 0 Å². The van der Waals surface area contributed by atoms with Gasteiger partial charge in [-0.25, -0.2) is 4.98 Å². The maximum Gasteiger partial charge on any atom is 0.245 e. The molecular formula is C13H18ClN3O2S. The highest BCUT2D eigenvalue weighted by Crippen LogP contribution is 2.29. The predicted octanol–water partition coefficient (Wildman–Crippen LogP) is 2.79. The zero-order chi connectivity index (χ0) is 14.0. The molecule has 0 saturated carbocycles. The van der Waals surface area contributed by atoms with E-state index in [9.17, 15) is 4.79 Å². The molecule has 5 nitrogen and oxygen atoms in total. The molecule has 1 amide bonds. The number of fused-ring (bicyclic) bond motifs is 1. The summed E-state index contributed by atoms with van der Waals surface area (Å²) in [5, 5.41) is 3.27. The highest BCUT2D eigenvalue weighted by molar-refractivity contribution is 7.22. The van der Waals surface area contributed by atoms with E-state index in [4.69, 9.17) is 10.5 Å². The van der Waals surface area contributed by atoms with Gasteiger partial charge in [-0.1, -0.05) is 11.3 Å². The third-order valence-corrected chi connectivity index (χ3v) is 3.41. The van der Waals surface area contributed by atoms with Crippen LogP contribution in [0.5, 0.6) is 5.75 Å². The second kappa shape index (κ2) is 6.39. The molecule has 1 heterocycles. The number of thiazole rings is 1. The van der Waals surface area contributed by atoms with Crippen LogP contribution in [-0.2, 0) is 4.79 Å². The monoisotopic (exact) mass is 315 g/mol. The number of nitrogens with one attached hydrogen (secondary N) is 1. The molecule has 110 valence electrons. The van der Waals surface area contributed by atoms with Crippen LogP contribution < -0.4 is 15.8 Å². The van der Waals surface area contributed by atoms with Gasteiger partial charge < -0.3 is 15.8 Å². The minimum absolute atomic E-state index is 0. The first kappa shape index (κ1) is 16.7. The molecule has 0 radical (unpaired) electrons. The van der Waals surface area contributed by atoms with Gasteiger partial charge in [0.25, 0.3) is 0 Å². The maximum atomic E-state index is 11.8. The van der Waals surface area contributed by atoms with Crippen molar-refractivity contribution in [2.24, 2.45) is 5.73 Å². The highest BCUT2D eigenvalue weighted by Gasteiger charge is 2.22. The lowest BCUT2D eigenvalue weighted by Crippen LogP contribution is -2.45. The summed E-state index contributed by atoms with van der Waals surface area (Å²) in [5.41, 5.74) is 5.64. The molecule has 0 atom stereocenters. The van der Waals surface area contributed by atoms with E-state index < -0.39 is 5.54 Å². The van der Waals surface area contributed by atoms with E-state index in [0.29, 0.717) is 11.7 Å². The summed E-state index contributed by atoms with van der Waals surface area (Å²) in [7, 11) is 0. The Morgan fingerprint density at radius 3 is 2.80 bits per heavy atom. The number of ether oxygens (including phenoxy) is 1. The van der Waals surface area contributed by atoms with Crippen LogP contribution in [0.4, 0.5) is 5.13 Å². The molecule has 0 aliphatic carbocycles. The van der Waals surface area contributed by atoms with Gasteiger partial charge in [-0.15, -0.1) is 12.4 Å². The van der Waals surface area contributed by atoms with Crippen LogP contribution in [0, 0.1) is 0 Å². The number of aromatic nitrogens is 1. The number of hydrogen-bond acceptors (Lipinski definition) is 5. The second-order valence-corrected chi connectivity index (χ2v) is 5.79. The molecule has 2 aromatic rings. The van der Waals surface area contributed by atoms with Gasteiger partial charge in [0.05, 0.1) is 22.4 Å². The summed E-state index contributed by atoms with van der Waals surface area (Å²) in [6.07, 6.45) is 0. The third kappa shape index (κ3) is 3.82. The molecule has 2 rings (SSSR count). The van der Waals surface area contributed by atoms with E-state index in [1.54, 1.807) is 13.8 Å². The van der Waals surface area contributed by atoms with Crippen molar-refractivity contribution < 1.29 is 9.53 Å². The van der Waals surface area contributed by atoms with Crippen molar-refractivity contribution in [3.05, 3.63) is 18.2 Å². The fourth-order valence-corrected chi connectivity index (χ4v) is 2.36. The molecule has 1 aromatic heterocycles. The van der Waals surface area contributed by atoms with E-state index in [1.165, 1.54) is 11.3 Å². The van der Waals surface area contributed by atoms with Crippen LogP contribution in [0.2, 0.25) is 0 Å². The molecule has 0 aliphatic rings. The molecule has 0 aliphatic heterocycles. The van der Waals surface area contributed by atoms with Crippen molar-refractivity contribution in [1.29, 1.82) is 0 Å². The number of carbonyl (C=O) groups is 1. The number of anilines is 1. The van der Waals surface area contributed by atoms with E-state index in [1.807, 2.05) is 25.1 Å². The minimum Gasteiger partial charge on any atom is -0.494 e. The van der Waals surface area contributed by atoms with E-state index in [2.05, 4.69) is 10.3 Å². The standard InChI is InChI=1S/C13H17N3O2S.ClH/c1-4-18-8-5-6-9-10(7-8)19-12(15-9)16-11(17)13(2,3)14;/h5-7H,4,14H2,1-3H3,(H,15,16,17);1H. The van der Waals surface area contributed by atoms with Gasteiger partial charge >= 0.3 is 0 Å². The van der Waals surface area contributed by atoms with Gasteiger partial charge in [0.2, 0.25) is 5.91 Å².